The van der Waals surface area contributed by atoms with Gasteiger partial charge in [-0.25, -0.2) is 17.5 Å². The molecule has 0 aliphatic carbocycles. The Balaban J connectivity index is 2.31. The van der Waals surface area contributed by atoms with Crippen LogP contribution in [-0.4, -0.2) is 13.4 Å². The lowest BCUT2D eigenvalue weighted by Gasteiger charge is -2.14. The minimum atomic E-state index is -3.88. The molecule has 0 fully saturated rings. The molecule has 7 heteroatoms. The highest BCUT2D eigenvalue weighted by Crippen LogP contribution is 2.22. The predicted octanol–water partition coefficient (Wildman–Crippen LogP) is 2.15. The molecule has 0 saturated carbocycles. The SMILES string of the molecule is Cc1c(N)cc(S(=O)(=O)NC(C)c2ccccn2)cc1F. The van der Waals surface area contributed by atoms with E-state index in [9.17, 15) is 12.8 Å². The summed E-state index contributed by atoms with van der Waals surface area (Å²) < 4.78 is 40.6. The van der Waals surface area contributed by atoms with E-state index in [1.165, 1.54) is 13.0 Å². The van der Waals surface area contributed by atoms with Crippen LogP contribution in [0.1, 0.15) is 24.2 Å². The van der Waals surface area contributed by atoms with Crippen LogP contribution in [0, 0.1) is 12.7 Å². The van der Waals surface area contributed by atoms with Gasteiger partial charge in [0.15, 0.2) is 0 Å². The fourth-order valence-electron chi connectivity index (χ4n) is 1.82. The number of halogens is 1. The van der Waals surface area contributed by atoms with E-state index in [0.29, 0.717) is 5.69 Å². The molecule has 1 unspecified atom stereocenters. The molecule has 1 heterocycles. The molecule has 0 saturated heterocycles. The zero-order chi connectivity index (χ0) is 15.6. The van der Waals surface area contributed by atoms with E-state index in [2.05, 4.69) is 9.71 Å². The number of nitrogens with zero attached hydrogens (tertiary/aromatic N) is 1. The Bertz CT molecular complexity index is 725. The summed E-state index contributed by atoms with van der Waals surface area (Å²) in [5.74, 6) is -0.652. The van der Waals surface area contributed by atoms with Crippen LogP contribution < -0.4 is 10.5 Å². The highest BCUT2D eigenvalue weighted by atomic mass is 32.2. The van der Waals surface area contributed by atoms with E-state index in [1.807, 2.05) is 0 Å². The number of nitrogen functional groups attached to an aromatic ring is 1. The summed E-state index contributed by atoms with van der Waals surface area (Å²) in [5, 5.41) is 0. The molecule has 0 aliphatic heterocycles. The van der Waals surface area contributed by atoms with Crippen LogP contribution >= 0.6 is 0 Å². The van der Waals surface area contributed by atoms with Crippen molar-refractivity contribution in [1.29, 1.82) is 0 Å². The standard InChI is InChI=1S/C14H16FN3O2S/c1-9-12(15)7-11(8-13(9)16)21(19,20)18-10(2)14-5-3-4-6-17-14/h3-8,10,18H,16H2,1-2H3. The molecule has 2 rings (SSSR count). The molecule has 0 amide bonds. The molecule has 1 atom stereocenters. The smallest absolute Gasteiger partial charge is 0.241 e. The summed E-state index contributed by atoms with van der Waals surface area (Å²) in [6.07, 6.45) is 1.57. The number of benzene rings is 1. The average Bonchev–Trinajstić information content (AvgIpc) is 2.44. The number of sulfonamides is 1. The lowest BCUT2D eigenvalue weighted by Crippen LogP contribution is -2.27. The lowest BCUT2D eigenvalue weighted by molar-refractivity contribution is 0.561. The largest absolute Gasteiger partial charge is 0.398 e. The van der Waals surface area contributed by atoms with Crippen LogP contribution in [0.5, 0.6) is 0 Å². The first-order valence-corrected chi connectivity index (χ1v) is 7.78. The summed E-state index contributed by atoms with van der Waals surface area (Å²) in [6.45, 7) is 3.15. The second-order valence-electron chi connectivity index (χ2n) is 4.72. The number of rotatable bonds is 4. The lowest BCUT2D eigenvalue weighted by atomic mass is 10.2. The van der Waals surface area contributed by atoms with Crippen LogP contribution in [0.15, 0.2) is 41.4 Å². The van der Waals surface area contributed by atoms with Crippen LogP contribution in [-0.2, 0) is 10.0 Å². The molecular weight excluding hydrogens is 293 g/mol. The molecule has 0 spiro atoms. The summed E-state index contributed by atoms with van der Waals surface area (Å²) in [7, 11) is -3.88. The fourth-order valence-corrected chi connectivity index (χ4v) is 3.09. The number of hydrogen-bond donors (Lipinski definition) is 2. The molecule has 0 aliphatic rings. The van der Waals surface area contributed by atoms with E-state index in [1.54, 1.807) is 31.3 Å². The highest BCUT2D eigenvalue weighted by molar-refractivity contribution is 7.89. The second-order valence-corrected chi connectivity index (χ2v) is 6.43. The van der Waals surface area contributed by atoms with Gasteiger partial charge >= 0.3 is 0 Å². The van der Waals surface area contributed by atoms with Crippen molar-refractivity contribution in [2.75, 3.05) is 5.73 Å². The zero-order valence-electron chi connectivity index (χ0n) is 11.7. The van der Waals surface area contributed by atoms with Crippen molar-refractivity contribution in [1.82, 2.24) is 9.71 Å². The van der Waals surface area contributed by atoms with Gasteiger partial charge in [-0.15, -0.1) is 0 Å². The van der Waals surface area contributed by atoms with Crippen LogP contribution in [0.4, 0.5) is 10.1 Å². The fraction of sp³-hybridized carbons (Fsp3) is 0.214. The monoisotopic (exact) mass is 309 g/mol. The van der Waals surface area contributed by atoms with Crippen molar-refractivity contribution >= 4 is 15.7 Å². The van der Waals surface area contributed by atoms with E-state index in [0.717, 1.165) is 6.07 Å². The van der Waals surface area contributed by atoms with E-state index < -0.39 is 21.9 Å². The minimum absolute atomic E-state index is 0.0980. The van der Waals surface area contributed by atoms with Crippen molar-refractivity contribution in [3.63, 3.8) is 0 Å². The summed E-state index contributed by atoms with van der Waals surface area (Å²) in [6, 6.07) is 6.86. The van der Waals surface area contributed by atoms with Gasteiger partial charge in [-0.3, -0.25) is 4.98 Å². The van der Waals surface area contributed by atoms with Gasteiger partial charge < -0.3 is 5.73 Å². The topological polar surface area (TPSA) is 85.1 Å². The first-order valence-electron chi connectivity index (χ1n) is 6.30. The Morgan fingerprint density at radius 2 is 2.05 bits per heavy atom. The predicted molar refractivity (Wildman–Crippen MR) is 78.5 cm³/mol. The molecule has 0 bridgehead atoms. The molecular formula is C14H16FN3O2S. The number of pyridine rings is 1. The van der Waals surface area contributed by atoms with Gasteiger partial charge in [0, 0.05) is 17.4 Å². The Morgan fingerprint density at radius 1 is 1.33 bits per heavy atom. The minimum Gasteiger partial charge on any atom is -0.398 e. The van der Waals surface area contributed by atoms with Crippen molar-refractivity contribution in [2.45, 2.75) is 24.8 Å². The molecule has 1 aromatic carbocycles. The highest BCUT2D eigenvalue weighted by Gasteiger charge is 2.21. The molecule has 0 radical (unpaired) electrons. The van der Waals surface area contributed by atoms with Gasteiger partial charge in [0.1, 0.15) is 5.82 Å². The molecule has 112 valence electrons. The summed E-state index contributed by atoms with van der Waals surface area (Å²) >= 11 is 0. The van der Waals surface area contributed by atoms with Gasteiger partial charge in [-0.1, -0.05) is 6.07 Å². The van der Waals surface area contributed by atoms with Gasteiger partial charge in [0.2, 0.25) is 10.0 Å². The molecule has 5 nitrogen and oxygen atoms in total. The summed E-state index contributed by atoms with van der Waals surface area (Å²) in [4.78, 5) is 3.88. The second kappa shape index (κ2) is 5.79. The third-order valence-corrected chi connectivity index (χ3v) is 4.65. The first-order chi connectivity index (χ1) is 9.81. The number of nitrogens with two attached hydrogens (primary N) is 1. The number of nitrogens with one attached hydrogen (secondary N) is 1. The molecule has 2 aromatic rings. The Hall–Kier alpha value is -1.99. The Morgan fingerprint density at radius 3 is 2.62 bits per heavy atom. The van der Waals surface area contributed by atoms with E-state index in [4.69, 9.17) is 5.73 Å². The maximum absolute atomic E-state index is 13.6. The van der Waals surface area contributed by atoms with Crippen LogP contribution in [0.25, 0.3) is 0 Å². The van der Waals surface area contributed by atoms with Gasteiger partial charge in [-0.05, 0) is 38.1 Å². The average molecular weight is 309 g/mol. The van der Waals surface area contributed by atoms with Crippen LogP contribution in [0.3, 0.4) is 0 Å². The van der Waals surface area contributed by atoms with Crippen LogP contribution in [0.2, 0.25) is 0 Å². The van der Waals surface area contributed by atoms with Crippen molar-refractivity contribution in [3.05, 3.63) is 53.6 Å². The quantitative estimate of drug-likeness (QED) is 0.847. The Labute approximate surface area is 123 Å². The zero-order valence-corrected chi connectivity index (χ0v) is 12.5. The first kappa shape index (κ1) is 15.4. The van der Waals surface area contributed by atoms with Crippen molar-refractivity contribution < 1.29 is 12.8 Å². The summed E-state index contributed by atoms with van der Waals surface area (Å²) in [5.41, 5.74) is 6.51. The van der Waals surface area contributed by atoms with Crippen molar-refractivity contribution in [3.8, 4) is 0 Å². The number of anilines is 1. The van der Waals surface area contributed by atoms with Crippen molar-refractivity contribution in [2.24, 2.45) is 0 Å². The molecule has 3 N–H and O–H groups in total. The van der Waals surface area contributed by atoms with Gasteiger partial charge in [0.05, 0.1) is 16.6 Å². The van der Waals surface area contributed by atoms with Gasteiger partial charge in [0.25, 0.3) is 0 Å². The maximum atomic E-state index is 13.6. The molecule has 21 heavy (non-hydrogen) atoms. The maximum Gasteiger partial charge on any atom is 0.241 e. The van der Waals surface area contributed by atoms with E-state index in [-0.39, 0.29) is 16.1 Å². The third kappa shape index (κ3) is 3.37. The van der Waals surface area contributed by atoms with E-state index >= 15 is 0 Å². The third-order valence-electron chi connectivity index (χ3n) is 3.13. The number of aromatic nitrogens is 1. The normalized spacial score (nSPS) is 13.1. The number of hydrogen-bond acceptors (Lipinski definition) is 4. The molecule has 1 aromatic heterocycles. The Kier molecular flexibility index (Phi) is 4.24. The van der Waals surface area contributed by atoms with Gasteiger partial charge in [-0.2, -0.15) is 0 Å².